The van der Waals surface area contributed by atoms with Crippen molar-refractivity contribution >= 4 is 29.1 Å². The lowest BCUT2D eigenvalue weighted by Crippen LogP contribution is -2.24. The second kappa shape index (κ2) is 5.05. The van der Waals surface area contributed by atoms with E-state index in [2.05, 4.69) is 11.9 Å². The Labute approximate surface area is 97.3 Å². The van der Waals surface area contributed by atoms with E-state index < -0.39 is 5.91 Å². The maximum Gasteiger partial charge on any atom is 0.255 e. The van der Waals surface area contributed by atoms with Gasteiger partial charge in [-0.1, -0.05) is 29.8 Å². The zero-order valence-corrected chi connectivity index (χ0v) is 9.27. The van der Waals surface area contributed by atoms with E-state index in [1.807, 2.05) is 0 Å². The van der Waals surface area contributed by atoms with E-state index in [0.717, 1.165) is 0 Å². The molecular weight excluding hydrogens is 237 g/mol. The van der Waals surface area contributed by atoms with Gasteiger partial charge in [0, 0.05) is 10.1 Å². The third-order valence-electron chi connectivity index (χ3n) is 1.64. The maximum absolute atomic E-state index is 11.5. The molecule has 3 nitrogen and oxygen atoms in total. The Kier molecular flexibility index (Phi) is 4.00. The lowest BCUT2D eigenvalue weighted by Gasteiger charge is -2.05. The van der Waals surface area contributed by atoms with Crippen LogP contribution in [0.15, 0.2) is 29.8 Å². The number of hydrogen-bond donors (Lipinski definition) is 2. The summed E-state index contributed by atoms with van der Waals surface area (Å²) >= 11 is 11.2. The molecule has 0 aromatic heterocycles. The molecule has 2 N–H and O–H groups in total. The predicted molar refractivity (Wildman–Crippen MR) is 60.4 cm³/mol. The quantitative estimate of drug-likeness (QED) is 0.860. The fourth-order valence-electron chi connectivity index (χ4n) is 0.962. The number of benzene rings is 1. The number of aromatic hydroxyl groups is 1. The van der Waals surface area contributed by atoms with Crippen LogP contribution in [0.4, 0.5) is 0 Å². The first kappa shape index (κ1) is 11.9. The molecule has 0 bridgehead atoms. The topological polar surface area (TPSA) is 49.3 Å². The van der Waals surface area contributed by atoms with Crippen molar-refractivity contribution in [3.63, 3.8) is 0 Å². The number of halogens is 2. The van der Waals surface area contributed by atoms with Crippen LogP contribution in [-0.2, 0) is 0 Å². The number of nitrogens with one attached hydrogen (secondary N) is 1. The first-order valence-electron chi connectivity index (χ1n) is 4.10. The van der Waals surface area contributed by atoms with Crippen molar-refractivity contribution in [1.82, 2.24) is 5.32 Å². The summed E-state index contributed by atoms with van der Waals surface area (Å²) in [6.45, 7) is 3.57. The van der Waals surface area contributed by atoms with Gasteiger partial charge in [-0.2, -0.15) is 0 Å². The van der Waals surface area contributed by atoms with Gasteiger partial charge < -0.3 is 10.4 Å². The number of carbonyl (C=O) groups is 1. The molecule has 0 saturated heterocycles. The van der Waals surface area contributed by atoms with E-state index in [1.165, 1.54) is 18.2 Å². The Bertz CT molecular complexity index is 404. The summed E-state index contributed by atoms with van der Waals surface area (Å²) in [5.41, 5.74) is 0.111. The first-order chi connectivity index (χ1) is 7.00. The van der Waals surface area contributed by atoms with E-state index >= 15 is 0 Å². The van der Waals surface area contributed by atoms with Gasteiger partial charge in [-0.25, -0.2) is 0 Å². The van der Waals surface area contributed by atoms with Gasteiger partial charge in [0.1, 0.15) is 5.75 Å². The molecule has 80 valence electrons. The molecule has 1 rings (SSSR count). The summed E-state index contributed by atoms with van der Waals surface area (Å²) in [5, 5.41) is 12.6. The number of amides is 1. The fourth-order valence-corrected chi connectivity index (χ4v) is 1.20. The highest BCUT2D eigenvalue weighted by atomic mass is 35.5. The predicted octanol–water partition coefficient (Wildman–Crippen LogP) is 2.53. The second-order valence-electron chi connectivity index (χ2n) is 2.86. The SMILES string of the molecule is C=C(Cl)CNC(=O)c1cc(Cl)ccc1O. The minimum Gasteiger partial charge on any atom is -0.507 e. The second-order valence-corrected chi connectivity index (χ2v) is 3.83. The zero-order chi connectivity index (χ0) is 11.4. The van der Waals surface area contributed by atoms with Crippen LogP contribution in [-0.4, -0.2) is 17.6 Å². The van der Waals surface area contributed by atoms with Crippen molar-refractivity contribution < 1.29 is 9.90 Å². The molecule has 1 amide bonds. The third-order valence-corrected chi connectivity index (χ3v) is 2.01. The summed E-state index contributed by atoms with van der Waals surface area (Å²) in [6, 6.07) is 4.23. The monoisotopic (exact) mass is 245 g/mol. The maximum atomic E-state index is 11.5. The lowest BCUT2D eigenvalue weighted by molar-refractivity contribution is 0.0955. The number of rotatable bonds is 3. The van der Waals surface area contributed by atoms with Crippen LogP contribution in [0.25, 0.3) is 0 Å². The Balaban J connectivity index is 2.81. The molecule has 0 atom stereocenters. The van der Waals surface area contributed by atoms with Crippen LogP contribution in [0.5, 0.6) is 5.75 Å². The molecule has 1 aromatic rings. The molecule has 0 aliphatic heterocycles. The van der Waals surface area contributed by atoms with Crippen LogP contribution < -0.4 is 5.32 Å². The molecule has 0 aliphatic rings. The smallest absolute Gasteiger partial charge is 0.255 e. The number of hydrogen-bond acceptors (Lipinski definition) is 2. The molecule has 0 heterocycles. The van der Waals surface area contributed by atoms with Gasteiger partial charge in [0.25, 0.3) is 5.91 Å². The summed E-state index contributed by atoms with van der Waals surface area (Å²) in [6.07, 6.45) is 0. The highest BCUT2D eigenvalue weighted by Gasteiger charge is 2.10. The van der Waals surface area contributed by atoms with Crippen LogP contribution in [0.1, 0.15) is 10.4 Å². The summed E-state index contributed by atoms with van der Waals surface area (Å²) < 4.78 is 0. The van der Waals surface area contributed by atoms with Crippen LogP contribution in [0, 0.1) is 0 Å². The largest absolute Gasteiger partial charge is 0.507 e. The van der Waals surface area contributed by atoms with Crippen molar-refractivity contribution in [1.29, 1.82) is 0 Å². The molecule has 15 heavy (non-hydrogen) atoms. The van der Waals surface area contributed by atoms with Gasteiger partial charge in [0.2, 0.25) is 0 Å². The van der Waals surface area contributed by atoms with Crippen molar-refractivity contribution in [3.8, 4) is 5.75 Å². The summed E-state index contributed by atoms with van der Waals surface area (Å²) in [5.74, 6) is -0.575. The lowest BCUT2D eigenvalue weighted by atomic mass is 10.2. The average Bonchev–Trinajstić information content (AvgIpc) is 2.18. The third kappa shape index (κ3) is 3.46. The van der Waals surface area contributed by atoms with Crippen molar-refractivity contribution in [2.45, 2.75) is 0 Å². The minimum absolute atomic E-state index is 0.111. The molecule has 5 heteroatoms. The van der Waals surface area contributed by atoms with Crippen LogP contribution in [0.2, 0.25) is 5.02 Å². The highest BCUT2D eigenvalue weighted by molar-refractivity contribution is 6.31. The zero-order valence-electron chi connectivity index (χ0n) is 7.76. The van der Waals surface area contributed by atoms with Gasteiger partial charge in [-0.15, -0.1) is 0 Å². The fraction of sp³-hybridized carbons (Fsp3) is 0.100. The van der Waals surface area contributed by atoms with Crippen molar-refractivity contribution in [2.24, 2.45) is 0 Å². The molecule has 0 spiro atoms. The summed E-state index contributed by atoms with van der Waals surface area (Å²) in [4.78, 5) is 11.5. The summed E-state index contributed by atoms with van der Waals surface area (Å²) in [7, 11) is 0. The van der Waals surface area contributed by atoms with Gasteiger partial charge in [-0.05, 0) is 18.2 Å². The molecule has 0 aliphatic carbocycles. The van der Waals surface area contributed by atoms with E-state index in [4.69, 9.17) is 23.2 Å². The van der Waals surface area contributed by atoms with E-state index in [9.17, 15) is 9.90 Å². The van der Waals surface area contributed by atoms with Crippen molar-refractivity contribution in [2.75, 3.05) is 6.54 Å². The van der Waals surface area contributed by atoms with E-state index in [-0.39, 0.29) is 17.9 Å². The van der Waals surface area contributed by atoms with E-state index in [1.54, 1.807) is 0 Å². The first-order valence-corrected chi connectivity index (χ1v) is 4.86. The van der Waals surface area contributed by atoms with Gasteiger partial charge in [0.15, 0.2) is 0 Å². The molecule has 1 aromatic carbocycles. The number of carbonyl (C=O) groups excluding carboxylic acids is 1. The molecule has 0 saturated carbocycles. The average molecular weight is 246 g/mol. The molecule has 0 fully saturated rings. The van der Waals surface area contributed by atoms with Gasteiger partial charge in [0.05, 0.1) is 12.1 Å². The molecular formula is C10H9Cl2NO2. The standard InChI is InChI=1S/C10H9Cl2NO2/c1-6(11)5-13-10(15)8-4-7(12)2-3-9(8)14/h2-4,14H,1,5H2,(H,13,15). The van der Waals surface area contributed by atoms with Crippen molar-refractivity contribution in [3.05, 3.63) is 40.4 Å². The Hall–Kier alpha value is -1.19. The highest BCUT2D eigenvalue weighted by Crippen LogP contribution is 2.21. The molecule has 0 unspecified atom stereocenters. The number of phenolic OH excluding ortho intramolecular Hbond substituents is 1. The van der Waals surface area contributed by atoms with Crippen LogP contribution in [0.3, 0.4) is 0 Å². The van der Waals surface area contributed by atoms with Gasteiger partial charge in [-0.3, -0.25) is 4.79 Å². The normalized spacial score (nSPS) is 9.73. The molecule has 0 radical (unpaired) electrons. The van der Waals surface area contributed by atoms with E-state index in [0.29, 0.717) is 10.1 Å². The Morgan fingerprint density at radius 3 is 2.80 bits per heavy atom. The van der Waals surface area contributed by atoms with Crippen LogP contribution >= 0.6 is 23.2 Å². The Morgan fingerprint density at radius 1 is 1.53 bits per heavy atom. The number of phenols is 1. The minimum atomic E-state index is -0.447. The Morgan fingerprint density at radius 2 is 2.20 bits per heavy atom. The van der Waals surface area contributed by atoms with Gasteiger partial charge >= 0.3 is 0 Å².